The minimum absolute atomic E-state index is 0. The van der Waals surface area contributed by atoms with Crippen molar-refractivity contribution in [2.75, 3.05) is 18.5 Å². The van der Waals surface area contributed by atoms with Crippen LogP contribution < -0.4 is 11.1 Å². The van der Waals surface area contributed by atoms with E-state index in [9.17, 15) is 0 Å². The summed E-state index contributed by atoms with van der Waals surface area (Å²) in [5.41, 5.74) is 10.8. The lowest BCUT2D eigenvalue weighted by atomic mass is 9.89. The molecule has 4 nitrogen and oxygen atoms in total. The zero-order valence-corrected chi connectivity index (χ0v) is 17.8. The van der Waals surface area contributed by atoms with E-state index < -0.39 is 0 Å². The summed E-state index contributed by atoms with van der Waals surface area (Å²) in [6, 6.07) is 16.6. The molecule has 26 heavy (non-hydrogen) atoms. The van der Waals surface area contributed by atoms with Crippen LogP contribution in [-0.4, -0.2) is 19.1 Å². The monoisotopic (exact) mass is 465 g/mol. The van der Waals surface area contributed by atoms with Crippen LogP contribution in [0.1, 0.15) is 35.6 Å². The number of aliphatic imine (C=N–C) groups is 1. The lowest BCUT2D eigenvalue weighted by Gasteiger charge is -2.31. The van der Waals surface area contributed by atoms with E-state index in [0.29, 0.717) is 18.4 Å². The Labute approximate surface area is 173 Å². The maximum Gasteiger partial charge on any atom is 0.193 e. The quantitative estimate of drug-likeness (QED) is 0.387. The largest absolute Gasteiger partial charge is 0.373 e. The Balaban J connectivity index is 0.00000243. The molecule has 1 heterocycles. The number of halogens is 1. The van der Waals surface area contributed by atoms with Gasteiger partial charge in [0.1, 0.15) is 0 Å². The molecule has 2 aromatic rings. The zero-order valence-electron chi connectivity index (χ0n) is 15.4. The van der Waals surface area contributed by atoms with Crippen molar-refractivity contribution in [1.29, 1.82) is 0 Å². The molecule has 3 N–H and O–H groups in total. The van der Waals surface area contributed by atoms with Gasteiger partial charge in [-0.15, -0.1) is 24.0 Å². The Hall–Kier alpha value is -1.60. The molecule has 0 radical (unpaired) electrons. The van der Waals surface area contributed by atoms with Gasteiger partial charge in [0.15, 0.2) is 5.96 Å². The van der Waals surface area contributed by atoms with Crippen molar-refractivity contribution in [2.45, 2.75) is 32.8 Å². The van der Waals surface area contributed by atoms with Crippen LogP contribution in [-0.2, 0) is 4.74 Å². The van der Waals surface area contributed by atoms with Gasteiger partial charge in [0.2, 0.25) is 0 Å². The van der Waals surface area contributed by atoms with E-state index in [1.54, 1.807) is 0 Å². The predicted octanol–water partition coefficient (Wildman–Crippen LogP) is 4.82. The van der Waals surface area contributed by atoms with E-state index in [2.05, 4.69) is 60.6 Å². The fourth-order valence-corrected chi connectivity index (χ4v) is 3.26. The first-order valence-electron chi connectivity index (χ1n) is 8.94. The van der Waals surface area contributed by atoms with Gasteiger partial charge in [0.05, 0.1) is 6.10 Å². The molecule has 1 aliphatic heterocycles. The third kappa shape index (κ3) is 5.45. The number of nitrogens with zero attached hydrogens (tertiary/aromatic N) is 1. The number of rotatable bonds is 4. The summed E-state index contributed by atoms with van der Waals surface area (Å²) in [5.74, 6) is 0.817. The summed E-state index contributed by atoms with van der Waals surface area (Å²) in [4.78, 5) is 4.57. The molecule has 2 unspecified atom stereocenters. The van der Waals surface area contributed by atoms with Crippen molar-refractivity contribution in [3.63, 3.8) is 0 Å². The molecule has 0 aliphatic carbocycles. The molecule has 1 saturated heterocycles. The standard InChI is InChI=1S/C21H27N3O.HI/c1-15-10-11-19(13-16(15)2)24-21(22)23-14-18-9-6-12-25-20(18)17-7-4-3-5-8-17;/h3-5,7-8,10-11,13,18,20H,6,9,12,14H2,1-2H3,(H3,22,23,24);1H. The molecule has 0 bridgehead atoms. The average molecular weight is 465 g/mol. The summed E-state index contributed by atoms with van der Waals surface area (Å²) in [7, 11) is 0. The fraction of sp³-hybridized carbons (Fsp3) is 0.381. The normalized spacial score (nSPS) is 20.3. The van der Waals surface area contributed by atoms with Gasteiger partial charge in [-0.05, 0) is 55.5 Å². The highest BCUT2D eigenvalue weighted by Crippen LogP contribution is 2.33. The molecule has 1 aliphatic rings. The molecule has 2 aromatic carbocycles. The lowest BCUT2D eigenvalue weighted by Crippen LogP contribution is -2.28. The van der Waals surface area contributed by atoms with Gasteiger partial charge in [-0.25, -0.2) is 0 Å². The third-order valence-corrected chi connectivity index (χ3v) is 4.85. The predicted molar refractivity (Wildman–Crippen MR) is 119 cm³/mol. The van der Waals surface area contributed by atoms with Crippen molar-refractivity contribution in [3.05, 3.63) is 65.2 Å². The van der Waals surface area contributed by atoms with Crippen molar-refractivity contribution in [1.82, 2.24) is 0 Å². The van der Waals surface area contributed by atoms with Crippen molar-refractivity contribution in [3.8, 4) is 0 Å². The van der Waals surface area contributed by atoms with Crippen molar-refractivity contribution in [2.24, 2.45) is 16.6 Å². The highest BCUT2D eigenvalue weighted by atomic mass is 127. The number of hydrogen-bond acceptors (Lipinski definition) is 2. The molecule has 2 atom stereocenters. The van der Waals surface area contributed by atoms with Crippen LogP contribution in [0.5, 0.6) is 0 Å². The molecule has 0 aromatic heterocycles. The van der Waals surface area contributed by atoms with E-state index in [0.717, 1.165) is 25.1 Å². The molecular formula is C21H28IN3O. The smallest absolute Gasteiger partial charge is 0.193 e. The van der Waals surface area contributed by atoms with Gasteiger partial charge in [-0.1, -0.05) is 36.4 Å². The summed E-state index contributed by atoms with van der Waals surface area (Å²) in [6.45, 7) is 5.68. The minimum atomic E-state index is 0. The SMILES string of the molecule is Cc1ccc(NC(N)=NCC2CCCOC2c2ccccc2)cc1C.I. The minimum Gasteiger partial charge on any atom is -0.373 e. The number of ether oxygens (including phenoxy) is 1. The van der Waals surface area contributed by atoms with Gasteiger partial charge in [-0.2, -0.15) is 0 Å². The maximum atomic E-state index is 6.09. The summed E-state index contributed by atoms with van der Waals surface area (Å²) in [5, 5.41) is 3.19. The molecule has 140 valence electrons. The Bertz CT molecular complexity index is 733. The van der Waals surface area contributed by atoms with E-state index in [1.165, 1.54) is 16.7 Å². The number of aryl methyl sites for hydroxylation is 2. The molecule has 0 amide bonds. The Kier molecular flexibility index (Phi) is 7.90. The van der Waals surface area contributed by atoms with Gasteiger partial charge in [0, 0.05) is 24.8 Å². The number of hydrogen-bond donors (Lipinski definition) is 2. The van der Waals surface area contributed by atoms with Crippen LogP contribution in [0.2, 0.25) is 0 Å². The number of nitrogens with one attached hydrogen (secondary N) is 1. The molecule has 0 saturated carbocycles. The second-order valence-corrected chi connectivity index (χ2v) is 6.75. The Morgan fingerprint density at radius 3 is 2.65 bits per heavy atom. The van der Waals surface area contributed by atoms with E-state index in [-0.39, 0.29) is 30.1 Å². The number of benzene rings is 2. The molecule has 5 heteroatoms. The third-order valence-electron chi connectivity index (χ3n) is 4.85. The molecule has 1 fully saturated rings. The maximum absolute atomic E-state index is 6.09. The van der Waals surface area contributed by atoms with Crippen LogP contribution in [0, 0.1) is 19.8 Å². The van der Waals surface area contributed by atoms with Crippen LogP contribution in [0.25, 0.3) is 0 Å². The van der Waals surface area contributed by atoms with Crippen molar-refractivity contribution < 1.29 is 4.74 Å². The molecule has 0 spiro atoms. The van der Waals surface area contributed by atoms with Crippen LogP contribution in [0.15, 0.2) is 53.5 Å². The first kappa shape index (κ1) is 20.7. The van der Waals surface area contributed by atoms with Crippen LogP contribution in [0.3, 0.4) is 0 Å². The van der Waals surface area contributed by atoms with Crippen molar-refractivity contribution >= 4 is 35.6 Å². The van der Waals surface area contributed by atoms with E-state index in [4.69, 9.17) is 10.5 Å². The second kappa shape index (κ2) is 9.92. The summed E-state index contributed by atoms with van der Waals surface area (Å²) < 4.78 is 6.03. The van der Waals surface area contributed by atoms with Gasteiger partial charge < -0.3 is 15.8 Å². The fourth-order valence-electron chi connectivity index (χ4n) is 3.26. The van der Waals surface area contributed by atoms with Crippen LogP contribution >= 0.6 is 24.0 Å². The number of nitrogens with two attached hydrogens (primary N) is 1. The van der Waals surface area contributed by atoms with E-state index >= 15 is 0 Å². The summed E-state index contributed by atoms with van der Waals surface area (Å²) >= 11 is 0. The highest BCUT2D eigenvalue weighted by Gasteiger charge is 2.27. The first-order chi connectivity index (χ1) is 12.1. The Morgan fingerprint density at radius 2 is 1.92 bits per heavy atom. The van der Waals surface area contributed by atoms with Gasteiger partial charge in [-0.3, -0.25) is 4.99 Å². The Morgan fingerprint density at radius 1 is 1.15 bits per heavy atom. The highest BCUT2D eigenvalue weighted by molar-refractivity contribution is 14.0. The lowest BCUT2D eigenvalue weighted by molar-refractivity contribution is -0.0249. The molecule has 3 rings (SSSR count). The van der Waals surface area contributed by atoms with Gasteiger partial charge in [0.25, 0.3) is 0 Å². The van der Waals surface area contributed by atoms with E-state index in [1.807, 2.05) is 12.1 Å². The summed E-state index contributed by atoms with van der Waals surface area (Å²) in [6.07, 6.45) is 2.29. The topological polar surface area (TPSA) is 59.6 Å². The number of guanidine groups is 1. The van der Waals surface area contributed by atoms with Gasteiger partial charge >= 0.3 is 0 Å². The molecular weight excluding hydrogens is 437 g/mol. The number of anilines is 1. The first-order valence-corrected chi connectivity index (χ1v) is 8.94. The zero-order chi connectivity index (χ0) is 17.6. The average Bonchev–Trinajstić information content (AvgIpc) is 2.64. The second-order valence-electron chi connectivity index (χ2n) is 6.75. The van der Waals surface area contributed by atoms with Crippen LogP contribution in [0.4, 0.5) is 5.69 Å².